The average molecular weight is 408 g/mol. The number of aromatic nitrogens is 1. The summed E-state index contributed by atoms with van der Waals surface area (Å²) in [4.78, 5) is 17.9. The molecule has 1 aromatic heterocycles. The number of anilines is 2. The number of likely N-dealkylation sites (N-methyl/N-ethyl adjacent to an activating group) is 1. The van der Waals surface area contributed by atoms with Crippen molar-refractivity contribution in [3.8, 4) is 0 Å². The minimum absolute atomic E-state index is 0.0287. The first-order valence-electron chi connectivity index (χ1n) is 8.67. The molecule has 0 spiro atoms. The van der Waals surface area contributed by atoms with Gasteiger partial charge < -0.3 is 15.0 Å². The third-order valence-corrected chi connectivity index (χ3v) is 6.09. The monoisotopic (exact) mass is 408 g/mol. The molecule has 0 atom stereocenters. The zero-order valence-corrected chi connectivity index (χ0v) is 16.2. The van der Waals surface area contributed by atoms with Gasteiger partial charge >= 0.3 is 0 Å². The number of hydrogen-bond donors (Lipinski definition) is 1. The van der Waals surface area contributed by atoms with E-state index in [0.717, 1.165) is 0 Å². The summed E-state index contributed by atoms with van der Waals surface area (Å²) in [6.07, 6.45) is 1.28. The van der Waals surface area contributed by atoms with Crippen molar-refractivity contribution >= 4 is 27.4 Å². The third kappa shape index (κ3) is 4.83. The second-order valence-corrected chi connectivity index (χ2v) is 8.22. The van der Waals surface area contributed by atoms with E-state index in [2.05, 4.69) is 10.3 Å². The maximum Gasteiger partial charge on any atom is 0.244 e. The van der Waals surface area contributed by atoms with Crippen molar-refractivity contribution in [1.29, 1.82) is 0 Å². The molecule has 28 heavy (non-hydrogen) atoms. The predicted octanol–water partition coefficient (Wildman–Crippen LogP) is 1.32. The Kier molecular flexibility index (Phi) is 6.22. The summed E-state index contributed by atoms with van der Waals surface area (Å²) in [5.74, 6) is -0.347. The first-order valence-corrected chi connectivity index (χ1v) is 10.1. The summed E-state index contributed by atoms with van der Waals surface area (Å²) in [7, 11) is -1.96. The maximum absolute atomic E-state index is 13.2. The van der Waals surface area contributed by atoms with Crippen LogP contribution in [-0.2, 0) is 19.6 Å². The van der Waals surface area contributed by atoms with Gasteiger partial charge in [-0.3, -0.25) is 4.79 Å². The van der Waals surface area contributed by atoms with Crippen LogP contribution < -0.4 is 10.2 Å². The van der Waals surface area contributed by atoms with E-state index in [1.807, 2.05) is 0 Å². The number of sulfonamides is 1. The number of benzene rings is 1. The van der Waals surface area contributed by atoms with Crippen LogP contribution in [0.4, 0.5) is 15.9 Å². The van der Waals surface area contributed by atoms with Crippen molar-refractivity contribution in [2.45, 2.75) is 4.90 Å². The lowest BCUT2D eigenvalue weighted by atomic mass is 10.3. The largest absolute Gasteiger partial charge is 0.379 e. The number of morpholine rings is 1. The molecule has 1 aromatic carbocycles. The number of nitrogens with one attached hydrogen (secondary N) is 1. The molecule has 2 heterocycles. The molecule has 1 amide bonds. The number of pyridine rings is 1. The van der Waals surface area contributed by atoms with E-state index in [1.54, 1.807) is 24.1 Å². The molecule has 1 N–H and O–H groups in total. The molecule has 0 unspecified atom stereocenters. The second kappa shape index (κ2) is 8.63. The minimum atomic E-state index is -3.61. The molecule has 2 aromatic rings. The van der Waals surface area contributed by atoms with Crippen molar-refractivity contribution in [1.82, 2.24) is 9.29 Å². The van der Waals surface area contributed by atoms with Crippen LogP contribution in [0.15, 0.2) is 47.5 Å². The lowest BCUT2D eigenvalue weighted by Gasteiger charge is -2.26. The zero-order valence-electron chi connectivity index (χ0n) is 15.3. The van der Waals surface area contributed by atoms with Crippen LogP contribution in [0.2, 0.25) is 0 Å². The van der Waals surface area contributed by atoms with E-state index >= 15 is 0 Å². The molecule has 0 saturated carbocycles. The van der Waals surface area contributed by atoms with Gasteiger partial charge in [-0.25, -0.2) is 17.8 Å². The molecule has 3 rings (SSSR count). The fourth-order valence-electron chi connectivity index (χ4n) is 2.75. The molecule has 1 fully saturated rings. The number of hydrogen-bond acceptors (Lipinski definition) is 6. The Hall–Kier alpha value is -2.56. The summed E-state index contributed by atoms with van der Waals surface area (Å²) in [6.45, 7) is 1.33. The SMILES string of the molecule is CN(CC(=O)Nc1cccc(F)c1)c1ccc(S(=O)(=O)N2CCOCC2)cn1. The highest BCUT2D eigenvalue weighted by molar-refractivity contribution is 7.89. The van der Waals surface area contributed by atoms with Crippen LogP contribution in [0.1, 0.15) is 0 Å². The highest BCUT2D eigenvalue weighted by Gasteiger charge is 2.26. The summed E-state index contributed by atoms with van der Waals surface area (Å²) in [6, 6.07) is 8.62. The van der Waals surface area contributed by atoms with Gasteiger partial charge in [-0.2, -0.15) is 4.31 Å². The fraction of sp³-hybridized carbons (Fsp3) is 0.333. The third-order valence-electron chi connectivity index (χ3n) is 4.21. The fourth-order valence-corrected chi connectivity index (χ4v) is 4.10. The van der Waals surface area contributed by atoms with Gasteiger partial charge in [0.2, 0.25) is 15.9 Å². The van der Waals surface area contributed by atoms with Gasteiger partial charge in [0, 0.05) is 32.0 Å². The van der Waals surface area contributed by atoms with Crippen molar-refractivity contribution in [3.63, 3.8) is 0 Å². The normalized spacial score (nSPS) is 15.2. The Labute approximate surface area is 163 Å². The zero-order chi connectivity index (χ0) is 20.1. The van der Waals surface area contributed by atoms with Crippen molar-refractivity contribution in [3.05, 3.63) is 48.4 Å². The summed E-state index contributed by atoms with van der Waals surface area (Å²) in [5.41, 5.74) is 0.360. The van der Waals surface area contributed by atoms with E-state index in [1.165, 1.54) is 34.8 Å². The van der Waals surface area contributed by atoms with Crippen LogP contribution in [0.3, 0.4) is 0 Å². The minimum Gasteiger partial charge on any atom is -0.379 e. The van der Waals surface area contributed by atoms with Crippen molar-refractivity contribution in [2.24, 2.45) is 0 Å². The molecule has 0 bridgehead atoms. The van der Waals surface area contributed by atoms with Crippen LogP contribution in [0.25, 0.3) is 0 Å². The van der Waals surface area contributed by atoms with Gasteiger partial charge in [0.05, 0.1) is 19.8 Å². The first kappa shape index (κ1) is 20.2. The summed E-state index contributed by atoms with van der Waals surface area (Å²) >= 11 is 0. The number of amides is 1. The summed E-state index contributed by atoms with van der Waals surface area (Å²) < 4.78 is 44.9. The van der Waals surface area contributed by atoms with Gasteiger partial charge in [-0.15, -0.1) is 0 Å². The lowest BCUT2D eigenvalue weighted by molar-refractivity contribution is -0.114. The van der Waals surface area contributed by atoms with E-state index in [9.17, 15) is 17.6 Å². The predicted molar refractivity (Wildman–Crippen MR) is 102 cm³/mol. The van der Waals surface area contributed by atoms with Gasteiger partial charge in [0.25, 0.3) is 0 Å². The molecule has 1 saturated heterocycles. The Bertz CT molecular complexity index is 931. The number of carbonyl (C=O) groups is 1. The number of nitrogens with zero attached hydrogens (tertiary/aromatic N) is 3. The molecule has 150 valence electrons. The number of carbonyl (C=O) groups excluding carboxylic acids is 1. The number of halogens is 1. The van der Waals surface area contributed by atoms with Crippen LogP contribution in [-0.4, -0.2) is 63.5 Å². The highest BCUT2D eigenvalue weighted by Crippen LogP contribution is 2.19. The van der Waals surface area contributed by atoms with E-state index in [0.29, 0.717) is 37.8 Å². The topological polar surface area (TPSA) is 91.8 Å². The Morgan fingerprint density at radius 2 is 2.04 bits per heavy atom. The lowest BCUT2D eigenvalue weighted by Crippen LogP contribution is -2.40. The molecule has 10 heteroatoms. The quantitative estimate of drug-likeness (QED) is 0.775. The van der Waals surface area contributed by atoms with Gasteiger partial charge in [0.15, 0.2) is 0 Å². The first-order chi connectivity index (χ1) is 13.4. The number of rotatable bonds is 6. The van der Waals surface area contributed by atoms with Gasteiger partial charge in [0.1, 0.15) is 16.5 Å². The Morgan fingerprint density at radius 3 is 2.68 bits per heavy atom. The van der Waals surface area contributed by atoms with Crippen LogP contribution >= 0.6 is 0 Å². The molecular weight excluding hydrogens is 387 g/mol. The van der Waals surface area contributed by atoms with E-state index in [-0.39, 0.29) is 17.3 Å². The molecular formula is C18H21FN4O4S. The highest BCUT2D eigenvalue weighted by atomic mass is 32.2. The molecule has 0 radical (unpaired) electrons. The van der Waals surface area contributed by atoms with Crippen LogP contribution in [0, 0.1) is 5.82 Å². The molecule has 8 nitrogen and oxygen atoms in total. The number of ether oxygens (including phenoxy) is 1. The van der Waals surface area contributed by atoms with Gasteiger partial charge in [-0.1, -0.05) is 6.07 Å². The molecule has 0 aliphatic carbocycles. The Balaban J connectivity index is 1.63. The van der Waals surface area contributed by atoms with Crippen molar-refractivity contribution < 1.29 is 22.3 Å². The molecule has 1 aliphatic heterocycles. The van der Waals surface area contributed by atoms with E-state index < -0.39 is 15.8 Å². The van der Waals surface area contributed by atoms with Crippen molar-refractivity contribution in [2.75, 3.05) is 50.1 Å². The van der Waals surface area contributed by atoms with Gasteiger partial charge in [-0.05, 0) is 30.3 Å². The summed E-state index contributed by atoms with van der Waals surface area (Å²) in [5, 5.41) is 2.60. The second-order valence-electron chi connectivity index (χ2n) is 6.28. The van der Waals surface area contributed by atoms with Crippen LogP contribution in [0.5, 0.6) is 0 Å². The standard InChI is InChI=1S/C18H21FN4O4S/c1-22(13-18(24)21-15-4-2-3-14(19)11-15)17-6-5-16(12-20-17)28(25,26)23-7-9-27-10-8-23/h2-6,11-12H,7-10,13H2,1H3,(H,21,24). The molecule has 1 aliphatic rings. The average Bonchev–Trinajstić information content (AvgIpc) is 2.68. The maximum atomic E-state index is 13.2. The Morgan fingerprint density at radius 1 is 1.29 bits per heavy atom. The van der Waals surface area contributed by atoms with E-state index in [4.69, 9.17) is 4.74 Å². The smallest absolute Gasteiger partial charge is 0.244 e.